The van der Waals surface area contributed by atoms with Crippen LogP contribution in [0, 0.1) is 3.57 Å². The van der Waals surface area contributed by atoms with Crippen molar-refractivity contribution in [1.29, 1.82) is 0 Å². The fraction of sp³-hybridized carbons (Fsp3) is 0.250. The van der Waals surface area contributed by atoms with Crippen molar-refractivity contribution in [3.8, 4) is 0 Å². The molecule has 0 heterocycles. The quantitative estimate of drug-likeness (QED) is 0.474. The molecule has 0 aliphatic heterocycles. The van der Waals surface area contributed by atoms with Crippen molar-refractivity contribution in [3.63, 3.8) is 0 Å². The second-order valence-electron chi connectivity index (χ2n) is 2.41. The molecule has 0 fully saturated rings. The minimum absolute atomic E-state index is 0.564. The van der Waals surface area contributed by atoms with Crippen molar-refractivity contribution in [1.82, 2.24) is 0 Å². The van der Waals surface area contributed by atoms with Crippen LogP contribution in [0.3, 0.4) is 0 Å². The van der Waals surface area contributed by atoms with Gasteiger partial charge in [-0.1, -0.05) is 0 Å². The first-order valence-corrected chi connectivity index (χ1v) is 12.9. The molecule has 0 nitrogen and oxygen atoms in total. The fourth-order valence-electron chi connectivity index (χ4n) is 0.812. The van der Waals surface area contributed by atoms with Gasteiger partial charge in [0.25, 0.3) is 0 Å². The summed E-state index contributed by atoms with van der Waals surface area (Å²) in [6, 6.07) is 5.48. The van der Waals surface area contributed by atoms with Gasteiger partial charge in [0.2, 0.25) is 0 Å². The molecule has 0 N–H and O–H groups in total. The van der Waals surface area contributed by atoms with E-state index in [0.29, 0.717) is 0 Å². The summed E-state index contributed by atoms with van der Waals surface area (Å²) in [5.41, 5.74) is -0.564. The van der Waals surface area contributed by atoms with Gasteiger partial charge in [0.15, 0.2) is 0 Å². The van der Waals surface area contributed by atoms with Crippen LogP contribution in [0.15, 0.2) is 24.3 Å². The van der Waals surface area contributed by atoms with E-state index < -0.39 is 27.6 Å². The van der Waals surface area contributed by atoms with Gasteiger partial charge in [-0.25, -0.2) is 0 Å². The normalized spacial score (nSPS) is 12.8. The molecule has 0 spiro atoms. The summed E-state index contributed by atoms with van der Waals surface area (Å²) in [4.78, 5) is 2.09. The summed E-state index contributed by atoms with van der Waals surface area (Å²) < 4.78 is 37.5. The average Bonchev–Trinajstić information content (AvgIpc) is 2.03. The van der Waals surface area contributed by atoms with Gasteiger partial charge in [0.05, 0.1) is 0 Å². The Balaban J connectivity index is 2.94. The maximum atomic E-state index is 12.1. The van der Waals surface area contributed by atoms with E-state index in [1.807, 2.05) is 0 Å². The number of rotatable bonds is 1. The summed E-state index contributed by atoms with van der Waals surface area (Å²) in [6.45, 7) is 0. The first kappa shape index (κ1) is 11.5. The second-order valence-corrected chi connectivity index (χ2v) is 14.2. The van der Waals surface area contributed by atoms with Gasteiger partial charge in [0.1, 0.15) is 0 Å². The molecule has 0 bridgehead atoms. The summed E-state index contributed by atoms with van der Waals surface area (Å²) in [7, 11) is 0. The molecule has 0 atom stereocenters. The van der Waals surface area contributed by atoms with E-state index in [4.69, 9.17) is 0 Å². The molecule has 0 aromatic heterocycles. The van der Waals surface area contributed by atoms with Crippen LogP contribution in [0.4, 0.5) is 13.2 Å². The Bertz CT molecular complexity index is 276. The molecule has 1 aromatic rings. The van der Waals surface area contributed by atoms with E-state index in [9.17, 15) is 13.2 Å². The van der Waals surface area contributed by atoms with E-state index >= 15 is 0 Å². The fourth-order valence-corrected chi connectivity index (χ4v) is 3.99. The Morgan fingerprint density at radius 1 is 1.15 bits per heavy atom. The molecule has 1 aromatic carbocycles. The topological polar surface area (TPSA) is 0 Å². The average molecular weight is 414 g/mol. The third kappa shape index (κ3) is 3.26. The van der Waals surface area contributed by atoms with Crippen LogP contribution in [0.25, 0.3) is 0 Å². The van der Waals surface area contributed by atoms with Crippen LogP contribution in [0.1, 0.15) is 5.56 Å². The molecule has 1 rings (SSSR count). The van der Waals surface area contributed by atoms with Gasteiger partial charge in [-0.15, -0.1) is 0 Å². The molecule has 0 unspecified atom stereocenters. The summed E-state index contributed by atoms with van der Waals surface area (Å²) >= 11 is 1.16. The third-order valence-electron chi connectivity index (χ3n) is 1.47. The van der Waals surface area contributed by atoms with Crippen LogP contribution >= 0.6 is 34.5 Å². The Hall–Kier alpha value is 0.470. The van der Waals surface area contributed by atoms with Crippen LogP contribution in [-0.4, -0.2) is 4.93 Å². The van der Waals surface area contributed by atoms with Crippen LogP contribution in [0.2, 0.25) is 0 Å². The number of benzene rings is 1. The van der Waals surface area contributed by atoms with Crippen molar-refractivity contribution in [3.05, 3.63) is 33.4 Å². The Kier molecular flexibility index (Phi) is 3.84. The molecule has 74 valence electrons. The molecule has 5 heteroatoms. The Morgan fingerprint density at radius 2 is 1.62 bits per heavy atom. The van der Waals surface area contributed by atoms with Crippen LogP contribution < -0.4 is 0 Å². The van der Waals surface area contributed by atoms with E-state index in [1.165, 1.54) is 0 Å². The van der Waals surface area contributed by atoms with Gasteiger partial charge in [-0.05, 0) is 0 Å². The summed E-state index contributed by atoms with van der Waals surface area (Å²) in [5, 5.41) is 0. The molecule has 0 saturated heterocycles. The first-order valence-electron chi connectivity index (χ1n) is 3.35. The number of hydrogen-bond acceptors (Lipinski definition) is 0. The molecule has 0 saturated carbocycles. The third-order valence-corrected chi connectivity index (χ3v) is 7.07. The molecule has 0 aliphatic rings. The molecule has 0 aliphatic carbocycles. The van der Waals surface area contributed by atoms with E-state index in [2.05, 4.69) is 23.5 Å². The van der Waals surface area contributed by atoms with Crippen molar-refractivity contribution in [2.45, 2.75) is 6.18 Å². The number of hydrogen-bond donors (Lipinski definition) is 0. The van der Waals surface area contributed by atoms with Crippen molar-refractivity contribution < 1.29 is 13.2 Å². The van der Waals surface area contributed by atoms with E-state index in [1.54, 1.807) is 12.1 Å². The first-order chi connectivity index (χ1) is 5.91. The molecular formula is C8H7F3I2. The minimum atomic E-state index is -4.21. The maximum absolute atomic E-state index is 12.1. The molecule has 13 heavy (non-hydrogen) atoms. The SMILES string of the molecule is CI(I)c1ccc(C(F)(F)F)cc1. The van der Waals surface area contributed by atoms with Gasteiger partial charge in [0, 0.05) is 0 Å². The second kappa shape index (κ2) is 4.33. The van der Waals surface area contributed by atoms with Crippen molar-refractivity contribution in [2.24, 2.45) is 0 Å². The number of halogens is 5. The molecule has 0 amide bonds. The van der Waals surface area contributed by atoms with Crippen molar-refractivity contribution in [2.75, 3.05) is 4.93 Å². The van der Waals surface area contributed by atoms with Gasteiger partial charge in [-0.3, -0.25) is 0 Å². The predicted molar refractivity (Wildman–Crippen MR) is 64.1 cm³/mol. The summed E-state index contributed by atoms with van der Waals surface area (Å²) in [6.07, 6.45) is -4.21. The predicted octanol–water partition coefficient (Wildman–Crippen LogP) is 4.36. The zero-order valence-corrected chi connectivity index (χ0v) is 11.0. The summed E-state index contributed by atoms with van der Waals surface area (Å²) in [5.74, 6) is 0. The van der Waals surface area contributed by atoms with Gasteiger partial charge in [-0.2, -0.15) is 0 Å². The van der Waals surface area contributed by atoms with Crippen LogP contribution in [-0.2, 0) is 6.18 Å². The van der Waals surface area contributed by atoms with Crippen LogP contribution in [0.5, 0.6) is 0 Å². The number of alkyl halides is 4. The zero-order valence-electron chi connectivity index (χ0n) is 6.70. The van der Waals surface area contributed by atoms with Crippen molar-refractivity contribution >= 4 is 34.5 Å². The Labute approximate surface area is 91.5 Å². The van der Waals surface area contributed by atoms with E-state index in [-0.39, 0.29) is 0 Å². The molecule has 0 radical (unpaired) electrons. The standard InChI is InChI=1S/C8H7F3I2/c1-13(12)7-4-2-6(3-5-7)8(9,10)11/h2-5H,1H3. The van der Waals surface area contributed by atoms with Gasteiger partial charge >= 0.3 is 92.1 Å². The van der Waals surface area contributed by atoms with Gasteiger partial charge < -0.3 is 0 Å². The monoisotopic (exact) mass is 414 g/mol. The van der Waals surface area contributed by atoms with E-state index in [0.717, 1.165) is 15.7 Å². The Morgan fingerprint density at radius 3 is 1.92 bits per heavy atom. The molecular weight excluding hydrogens is 407 g/mol. The zero-order chi connectivity index (χ0) is 10.1.